The Balaban J connectivity index is 1.81. The first-order valence-corrected chi connectivity index (χ1v) is 8.71. The first-order chi connectivity index (χ1) is 12.0. The Labute approximate surface area is 159 Å². The molecule has 0 saturated heterocycles. The number of nitrogens with two attached hydrogens (primary N) is 1. The third-order valence-corrected chi connectivity index (χ3v) is 4.14. The molecule has 2 N–H and O–H groups in total. The summed E-state index contributed by atoms with van der Waals surface area (Å²) in [7, 11) is 0. The van der Waals surface area contributed by atoms with Crippen molar-refractivity contribution in [2.45, 2.75) is 13.5 Å². The second-order valence-corrected chi connectivity index (χ2v) is 6.78. The molecule has 5 nitrogen and oxygen atoms in total. The zero-order chi connectivity index (χ0) is 17.8. The molecule has 0 radical (unpaired) electrons. The van der Waals surface area contributed by atoms with E-state index in [0.717, 1.165) is 21.3 Å². The predicted molar refractivity (Wildman–Crippen MR) is 104 cm³/mol. The molecule has 1 heterocycles. The molecular formula is C18H16BrClN4O. The Kier molecular flexibility index (Phi) is 5.40. The minimum absolute atomic E-state index is 0.326. The summed E-state index contributed by atoms with van der Waals surface area (Å²) < 4.78 is 8.45. The predicted octanol–water partition coefficient (Wildman–Crippen LogP) is 4.65. The number of benzene rings is 2. The number of aromatic nitrogens is 2. The van der Waals surface area contributed by atoms with E-state index in [0.29, 0.717) is 23.3 Å². The lowest BCUT2D eigenvalue weighted by Crippen LogP contribution is -2.00. The number of rotatable bonds is 5. The molecule has 0 aliphatic heterocycles. The van der Waals surface area contributed by atoms with Crippen molar-refractivity contribution in [1.29, 1.82) is 0 Å². The van der Waals surface area contributed by atoms with Gasteiger partial charge in [-0.05, 0) is 42.8 Å². The summed E-state index contributed by atoms with van der Waals surface area (Å²) in [6.45, 7) is 2.29. The van der Waals surface area contributed by atoms with Gasteiger partial charge in [-0.25, -0.2) is 9.66 Å². The van der Waals surface area contributed by atoms with E-state index in [-0.39, 0.29) is 0 Å². The van der Waals surface area contributed by atoms with Gasteiger partial charge in [0, 0.05) is 15.1 Å². The van der Waals surface area contributed by atoms with Gasteiger partial charge in [-0.2, -0.15) is 5.10 Å². The molecule has 3 aromatic rings. The number of nitrogens with zero attached hydrogens (tertiary/aromatic N) is 3. The number of hydrogen-bond donors (Lipinski definition) is 1. The van der Waals surface area contributed by atoms with Gasteiger partial charge < -0.3 is 10.5 Å². The summed E-state index contributed by atoms with van der Waals surface area (Å²) in [5.74, 6) is 1.01. The summed E-state index contributed by atoms with van der Waals surface area (Å²) in [4.78, 5) is 4.11. The maximum atomic E-state index is 6.10. The van der Waals surface area contributed by atoms with Crippen LogP contribution >= 0.6 is 27.5 Å². The fraction of sp³-hybridized carbons (Fsp3) is 0.111. The number of aryl methyl sites for hydroxylation is 1. The van der Waals surface area contributed by atoms with Gasteiger partial charge in [-0.1, -0.05) is 39.7 Å². The second kappa shape index (κ2) is 7.72. The fourth-order valence-electron chi connectivity index (χ4n) is 2.26. The van der Waals surface area contributed by atoms with Gasteiger partial charge in [0.2, 0.25) is 5.95 Å². The summed E-state index contributed by atoms with van der Waals surface area (Å²) in [6, 6.07) is 13.4. The molecule has 0 amide bonds. The van der Waals surface area contributed by atoms with Crippen LogP contribution in [0.5, 0.6) is 5.75 Å². The lowest BCUT2D eigenvalue weighted by Gasteiger charge is -2.10. The summed E-state index contributed by atoms with van der Waals surface area (Å²) >= 11 is 9.56. The highest BCUT2D eigenvalue weighted by molar-refractivity contribution is 9.10. The van der Waals surface area contributed by atoms with Crippen molar-refractivity contribution < 1.29 is 4.74 Å². The third kappa shape index (κ3) is 4.61. The first-order valence-electron chi connectivity index (χ1n) is 7.54. The molecule has 0 unspecified atom stereocenters. The minimum atomic E-state index is 0.326. The Morgan fingerprint density at radius 2 is 2.16 bits per heavy atom. The highest BCUT2D eigenvalue weighted by Gasteiger charge is 2.05. The van der Waals surface area contributed by atoms with Crippen LogP contribution in [0.4, 0.5) is 5.95 Å². The maximum Gasteiger partial charge on any atom is 0.221 e. The van der Waals surface area contributed by atoms with Crippen LogP contribution in [0, 0.1) is 6.92 Å². The van der Waals surface area contributed by atoms with Crippen LogP contribution in [0.1, 0.15) is 16.8 Å². The number of anilines is 1. The average Bonchev–Trinajstić information content (AvgIpc) is 2.89. The molecule has 128 valence electrons. The monoisotopic (exact) mass is 418 g/mol. The van der Waals surface area contributed by atoms with Gasteiger partial charge in [-0.15, -0.1) is 0 Å². The SMILES string of the molecule is Cc1cn(N=Cc2cc(Cl)ccc2OCc2cccc(Br)c2)c(N)n1. The molecule has 0 spiro atoms. The van der Waals surface area contributed by atoms with Gasteiger partial charge in [0.25, 0.3) is 0 Å². The van der Waals surface area contributed by atoms with Crippen LogP contribution in [0.2, 0.25) is 5.02 Å². The number of imidazole rings is 1. The number of halogens is 2. The Morgan fingerprint density at radius 3 is 2.88 bits per heavy atom. The molecule has 3 rings (SSSR count). The summed E-state index contributed by atoms with van der Waals surface area (Å²) in [6.07, 6.45) is 3.40. The standard InChI is InChI=1S/C18H16BrClN4O/c1-12-10-24(18(21)23-12)22-9-14-8-16(20)5-6-17(14)25-11-13-3-2-4-15(19)7-13/h2-10H,11H2,1H3,(H2,21,23). The van der Waals surface area contributed by atoms with Crippen molar-refractivity contribution in [2.75, 3.05) is 5.73 Å². The van der Waals surface area contributed by atoms with Crippen molar-refractivity contribution >= 4 is 39.7 Å². The molecule has 2 aromatic carbocycles. The maximum absolute atomic E-state index is 6.10. The molecular weight excluding hydrogens is 404 g/mol. The van der Waals surface area contributed by atoms with Crippen LogP contribution in [-0.2, 0) is 6.61 Å². The molecule has 25 heavy (non-hydrogen) atoms. The molecule has 0 aliphatic carbocycles. The lowest BCUT2D eigenvalue weighted by atomic mass is 10.2. The molecule has 0 saturated carbocycles. The quantitative estimate of drug-likeness (QED) is 0.612. The Hall–Kier alpha value is -2.31. The van der Waals surface area contributed by atoms with Gasteiger partial charge >= 0.3 is 0 Å². The second-order valence-electron chi connectivity index (χ2n) is 5.43. The van der Waals surface area contributed by atoms with Crippen LogP contribution in [0.25, 0.3) is 0 Å². The zero-order valence-electron chi connectivity index (χ0n) is 13.5. The average molecular weight is 420 g/mol. The topological polar surface area (TPSA) is 65.4 Å². The van der Waals surface area contributed by atoms with E-state index in [2.05, 4.69) is 26.0 Å². The van der Waals surface area contributed by atoms with Crippen molar-refractivity contribution in [3.05, 3.63) is 75.0 Å². The van der Waals surface area contributed by atoms with E-state index in [1.54, 1.807) is 24.5 Å². The van der Waals surface area contributed by atoms with Crippen molar-refractivity contribution in [2.24, 2.45) is 5.10 Å². The number of hydrogen-bond acceptors (Lipinski definition) is 4. The van der Waals surface area contributed by atoms with Crippen molar-refractivity contribution in [3.8, 4) is 5.75 Å². The van der Waals surface area contributed by atoms with Crippen LogP contribution in [0.15, 0.2) is 58.2 Å². The number of nitrogen functional groups attached to an aromatic ring is 1. The van der Waals surface area contributed by atoms with E-state index < -0.39 is 0 Å². The van der Waals surface area contributed by atoms with Crippen LogP contribution in [0.3, 0.4) is 0 Å². The van der Waals surface area contributed by atoms with Crippen LogP contribution in [-0.4, -0.2) is 15.9 Å². The zero-order valence-corrected chi connectivity index (χ0v) is 15.8. The van der Waals surface area contributed by atoms with Crippen molar-refractivity contribution in [1.82, 2.24) is 9.66 Å². The molecule has 7 heteroatoms. The van der Waals surface area contributed by atoms with Gasteiger partial charge in [-0.3, -0.25) is 0 Å². The van der Waals surface area contributed by atoms with E-state index in [4.69, 9.17) is 22.1 Å². The minimum Gasteiger partial charge on any atom is -0.488 e. The summed E-state index contributed by atoms with van der Waals surface area (Å²) in [5.41, 5.74) is 8.41. The first kappa shape index (κ1) is 17.5. The van der Waals surface area contributed by atoms with Crippen LogP contribution < -0.4 is 10.5 Å². The smallest absolute Gasteiger partial charge is 0.221 e. The largest absolute Gasteiger partial charge is 0.488 e. The molecule has 0 bridgehead atoms. The fourth-order valence-corrected chi connectivity index (χ4v) is 2.89. The van der Waals surface area contributed by atoms with Gasteiger partial charge in [0.15, 0.2) is 0 Å². The highest BCUT2D eigenvalue weighted by Crippen LogP contribution is 2.23. The lowest BCUT2D eigenvalue weighted by molar-refractivity contribution is 0.305. The van der Waals surface area contributed by atoms with E-state index in [1.807, 2.05) is 37.3 Å². The highest BCUT2D eigenvalue weighted by atomic mass is 79.9. The molecule has 0 atom stereocenters. The number of ether oxygens (including phenoxy) is 1. The molecule has 1 aromatic heterocycles. The molecule has 0 aliphatic rings. The van der Waals surface area contributed by atoms with Crippen molar-refractivity contribution in [3.63, 3.8) is 0 Å². The third-order valence-electron chi connectivity index (χ3n) is 3.41. The van der Waals surface area contributed by atoms with E-state index in [9.17, 15) is 0 Å². The van der Waals surface area contributed by atoms with E-state index >= 15 is 0 Å². The summed E-state index contributed by atoms with van der Waals surface area (Å²) in [5, 5.41) is 4.93. The van der Waals surface area contributed by atoms with Gasteiger partial charge in [0.1, 0.15) is 12.4 Å². The van der Waals surface area contributed by atoms with E-state index in [1.165, 1.54) is 4.68 Å². The molecule has 0 fully saturated rings. The normalized spacial score (nSPS) is 11.2. The Morgan fingerprint density at radius 1 is 1.32 bits per heavy atom. The van der Waals surface area contributed by atoms with Gasteiger partial charge in [0.05, 0.1) is 18.1 Å². The Bertz CT molecular complexity index is 923.